The van der Waals surface area contributed by atoms with Crippen molar-refractivity contribution in [1.82, 2.24) is 10.2 Å². The zero-order valence-corrected chi connectivity index (χ0v) is 23.5. The van der Waals surface area contributed by atoms with Crippen molar-refractivity contribution >= 4 is 34.2 Å². The van der Waals surface area contributed by atoms with Gasteiger partial charge in [-0.2, -0.15) is 0 Å². The number of hydrogen-bond donors (Lipinski definition) is 1. The first-order chi connectivity index (χ1) is 20.5. The molecule has 1 aliphatic carbocycles. The van der Waals surface area contributed by atoms with E-state index in [-0.39, 0.29) is 37.4 Å². The van der Waals surface area contributed by atoms with Gasteiger partial charge in [-0.05, 0) is 42.0 Å². The van der Waals surface area contributed by atoms with Gasteiger partial charge in [-0.1, -0.05) is 92.1 Å². The molecule has 7 heteroatoms. The number of hydrogen-bond acceptors (Lipinski definition) is 3. The van der Waals surface area contributed by atoms with Gasteiger partial charge in [0.1, 0.15) is 18.4 Å². The fraction of sp³-hybridized carbons (Fsp3) is 0.286. The molecule has 6 rings (SSSR count). The van der Waals surface area contributed by atoms with Crippen molar-refractivity contribution < 1.29 is 18.8 Å². The molecule has 0 spiro atoms. The number of anilines is 1. The number of rotatable bonds is 9. The molecule has 6 nitrogen and oxygen atoms in total. The van der Waals surface area contributed by atoms with Crippen LogP contribution in [0.2, 0.25) is 0 Å². The summed E-state index contributed by atoms with van der Waals surface area (Å²) in [7, 11) is 0. The summed E-state index contributed by atoms with van der Waals surface area (Å²) in [5.41, 5.74) is 2.42. The predicted molar refractivity (Wildman–Crippen MR) is 162 cm³/mol. The molecule has 0 bridgehead atoms. The number of nitrogens with one attached hydrogen (secondary N) is 1. The molecule has 1 N–H and O–H groups in total. The SMILES string of the molecule is O=C(NC1CCCCC1)C(Cc1ccccc1)N(Cc1ccccc1F)C(=O)CN1C(=O)c2cccc3cccc1c23. The summed E-state index contributed by atoms with van der Waals surface area (Å²) in [6.45, 7) is -0.358. The van der Waals surface area contributed by atoms with Crippen LogP contribution < -0.4 is 10.2 Å². The average Bonchev–Trinajstić information content (AvgIpc) is 3.28. The number of nitrogens with zero attached hydrogens (tertiary/aromatic N) is 2. The van der Waals surface area contributed by atoms with E-state index in [1.807, 2.05) is 60.7 Å². The summed E-state index contributed by atoms with van der Waals surface area (Å²) < 4.78 is 15.0. The lowest BCUT2D eigenvalue weighted by Crippen LogP contribution is -2.55. The normalized spacial score (nSPS) is 15.5. The summed E-state index contributed by atoms with van der Waals surface area (Å²) in [5, 5.41) is 4.94. The molecule has 0 radical (unpaired) electrons. The van der Waals surface area contributed by atoms with Crippen LogP contribution >= 0.6 is 0 Å². The quantitative estimate of drug-likeness (QED) is 0.271. The van der Waals surface area contributed by atoms with E-state index in [0.29, 0.717) is 16.8 Å². The molecular formula is C35H34FN3O3. The lowest BCUT2D eigenvalue weighted by Gasteiger charge is -2.34. The van der Waals surface area contributed by atoms with Gasteiger partial charge in [0.15, 0.2) is 0 Å². The Balaban J connectivity index is 1.35. The van der Waals surface area contributed by atoms with Crippen LogP contribution in [0.3, 0.4) is 0 Å². The monoisotopic (exact) mass is 563 g/mol. The summed E-state index contributed by atoms with van der Waals surface area (Å²) in [6.07, 6.45) is 5.32. The van der Waals surface area contributed by atoms with E-state index < -0.39 is 17.8 Å². The molecule has 2 aliphatic rings. The number of benzene rings is 4. The highest BCUT2D eigenvalue weighted by atomic mass is 19.1. The summed E-state index contributed by atoms with van der Waals surface area (Å²) in [5.74, 6) is -1.38. The zero-order chi connectivity index (χ0) is 29.1. The number of halogens is 1. The highest BCUT2D eigenvalue weighted by molar-refractivity contribution is 6.26. The molecule has 4 aromatic rings. The Labute approximate surface area is 245 Å². The van der Waals surface area contributed by atoms with E-state index >= 15 is 0 Å². The molecule has 42 heavy (non-hydrogen) atoms. The van der Waals surface area contributed by atoms with E-state index in [0.717, 1.165) is 48.4 Å². The van der Waals surface area contributed by atoms with Gasteiger partial charge in [0.25, 0.3) is 5.91 Å². The largest absolute Gasteiger partial charge is 0.352 e. The molecule has 1 heterocycles. The molecule has 0 aromatic heterocycles. The Morgan fingerprint density at radius 1 is 0.881 bits per heavy atom. The molecule has 1 atom stereocenters. The molecule has 1 aliphatic heterocycles. The van der Waals surface area contributed by atoms with Gasteiger partial charge in [-0.25, -0.2) is 4.39 Å². The Kier molecular flexibility index (Phi) is 8.00. The van der Waals surface area contributed by atoms with Crippen LogP contribution in [0.4, 0.5) is 10.1 Å². The number of amides is 3. The van der Waals surface area contributed by atoms with Gasteiger partial charge >= 0.3 is 0 Å². The second kappa shape index (κ2) is 12.1. The Morgan fingerprint density at radius 2 is 1.60 bits per heavy atom. The minimum Gasteiger partial charge on any atom is -0.352 e. The maximum Gasteiger partial charge on any atom is 0.259 e. The highest BCUT2D eigenvalue weighted by Gasteiger charge is 2.36. The van der Waals surface area contributed by atoms with Crippen LogP contribution in [0, 0.1) is 5.82 Å². The highest BCUT2D eigenvalue weighted by Crippen LogP contribution is 2.37. The van der Waals surface area contributed by atoms with Crippen molar-refractivity contribution in [3.63, 3.8) is 0 Å². The first-order valence-electron chi connectivity index (χ1n) is 14.7. The van der Waals surface area contributed by atoms with E-state index in [1.165, 1.54) is 15.9 Å². The molecular weight excluding hydrogens is 529 g/mol. The third-order valence-corrected chi connectivity index (χ3v) is 8.46. The van der Waals surface area contributed by atoms with Crippen LogP contribution in [-0.2, 0) is 22.6 Å². The molecule has 1 saturated carbocycles. The summed E-state index contributed by atoms with van der Waals surface area (Å²) >= 11 is 0. The van der Waals surface area contributed by atoms with Crippen molar-refractivity contribution in [2.45, 2.75) is 57.2 Å². The summed E-state index contributed by atoms with van der Waals surface area (Å²) in [4.78, 5) is 44.7. The second-order valence-corrected chi connectivity index (χ2v) is 11.2. The number of carbonyl (C=O) groups excluding carboxylic acids is 3. The minimum absolute atomic E-state index is 0.0437. The lowest BCUT2D eigenvalue weighted by atomic mass is 9.94. The van der Waals surface area contributed by atoms with Crippen molar-refractivity contribution in [2.75, 3.05) is 11.4 Å². The van der Waals surface area contributed by atoms with E-state index in [9.17, 15) is 18.8 Å². The molecule has 1 fully saturated rings. The predicted octanol–water partition coefficient (Wildman–Crippen LogP) is 6.03. The summed E-state index contributed by atoms with van der Waals surface area (Å²) in [6, 6.07) is 26.2. The van der Waals surface area contributed by atoms with Crippen molar-refractivity contribution in [2.24, 2.45) is 0 Å². The van der Waals surface area contributed by atoms with Crippen LogP contribution in [0.25, 0.3) is 10.8 Å². The van der Waals surface area contributed by atoms with Crippen LogP contribution in [-0.4, -0.2) is 41.2 Å². The number of carbonyl (C=O) groups is 3. The van der Waals surface area contributed by atoms with E-state index in [1.54, 1.807) is 24.3 Å². The third-order valence-electron chi connectivity index (χ3n) is 8.46. The van der Waals surface area contributed by atoms with Crippen LogP contribution in [0.5, 0.6) is 0 Å². The van der Waals surface area contributed by atoms with Gasteiger partial charge in [0.2, 0.25) is 11.8 Å². The zero-order valence-electron chi connectivity index (χ0n) is 23.5. The molecule has 0 saturated heterocycles. The maximum atomic E-state index is 15.0. The van der Waals surface area contributed by atoms with Gasteiger partial charge < -0.3 is 10.2 Å². The maximum absolute atomic E-state index is 15.0. The van der Waals surface area contributed by atoms with Crippen molar-refractivity contribution in [3.05, 3.63) is 114 Å². The van der Waals surface area contributed by atoms with Gasteiger partial charge in [0, 0.05) is 35.5 Å². The van der Waals surface area contributed by atoms with E-state index in [2.05, 4.69) is 5.32 Å². The van der Waals surface area contributed by atoms with Crippen molar-refractivity contribution in [3.8, 4) is 0 Å². The molecule has 214 valence electrons. The fourth-order valence-corrected chi connectivity index (χ4v) is 6.27. The standard InChI is InChI=1S/C35H34FN3O3/c36-29-19-8-7-13-26(29)22-38(31(21-24-11-3-1-4-12-24)34(41)37-27-16-5-2-6-17-27)32(40)23-39-30-20-10-15-25-14-9-18-28(33(25)30)35(39)42/h1,3-4,7-15,18-20,27,31H,2,5-6,16-17,21-23H2,(H,37,41). The first-order valence-corrected chi connectivity index (χ1v) is 14.7. The van der Waals surface area contributed by atoms with Gasteiger partial charge in [0.05, 0.1) is 5.69 Å². The molecule has 1 unspecified atom stereocenters. The average molecular weight is 564 g/mol. The minimum atomic E-state index is -0.891. The Hall–Kier alpha value is -4.52. The van der Waals surface area contributed by atoms with Crippen molar-refractivity contribution in [1.29, 1.82) is 0 Å². The van der Waals surface area contributed by atoms with Gasteiger partial charge in [-0.3, -0.25) is 19.3 Å². The smallest absolute Gasteiger partial charge is 0.259 e. The van der Waals surface area contributed by atoms with Gasteiger partial charge in [-0.15, -0.1) is 0 Å². The Morgan fingerprint density at radius 3 is 2.36 bits per heavy atom. The second-order valence-electron chi connectivity index (χ2n) is 11.2. The van der Waals surface area contributed by atoms with Crippen LogP contribution in [0.1, 0.15) is 53.6 Å². The van der Waals surface area contributed by atoms with Crippen LogP contribution in [0.15, 0.2) is 91.0 Å². The Bertz CT molecular complexity index is 1610. The lowest BCUT2D eigenvalue weighted by molar-refractivity contribution is -0.140. The molecule has 3 amide bonds. The third kappa shape index (κ3) is 5.64. The topological polar surface area (TPSA) is 69.7 Å². The van der Waals surface area contributed by atoms with E-state index in [4.69, 9.17) is 0 Å². The molecule has 4 aromatic carbocycles. The fourth-order valence-electron chi connectivity index (χ4n) is 6.27. The first kappa shape index (κ1) is 27.6.